The molecule has 0 bridgehead atoms. The first-order valence-corrected chi connectivity index (χ1v) is 6.08. The maximum absolute atomic E-state index is 4.64. The molecule has 4 nitrogen and oxygen atoms in total. The minimum Gasteiger partial charge on any atom is -0.341 e. The van der Waals surface area contributed by atoms with E-state index in [0.717, 1.165) is 24.7 Å². The third-order valence-electron chi connectivity index (χ3n) is 3.29. The van der Waals surface area contributed by atoms with Crippen LogP contribution in [0.2, 0.25) is 0 Å². The summed E-state index contributed by atoms with van der Waals surface area (Å²) in [6.07, 6.45) is 3.35. The summed E-state index contributed by atoms with van der Waals surface area (Å²) in [6.45, 7) is 8.65. The molecule has 0 aromatic carbocycles. The Bertz CT molecular complexity index is 350. The standard InChI is InChI=1S/C12H22N4/c1-9(2)16-8-10(3)14-12(16)15(4)11-5-6-13-7-11/h8-9,11,13H,5-7H2,1-4H3. The zero-order valence-electron chi connectivity index (χ0n) is 10.7. The van der Waals surface area contributed by atoms with Crippen LogP contribution in [0.5, 0.6) is 0 Å². The van der Waals surface area contributed by atoms with Gasteiger partial charge in [0.1, 0.15) is 0 Å². The lowest BCUT2D eigenvalue weighted by Crippen LogP contribution is -2.35. The first kappa shape index (κ1) is 11.5. The fraction of sp³-hybridized carbons (Fsp3) is 0.750. The first-order valence-electron chi connectivity index (χ1n) is 6.08. The van der Waals surface area contributed by atoms with Gasteiger partial charge < -0.3 is 14.8 Å². The number of rotatable bonds is 3. The van der Waals surface area contributed by atoms with Crippen LogP contribution < -0.4 is 10.2 Å². The highest BCUT2D eigenvalue weighted by Gasteiger charge is 2.23. The van der Waals surface area contributed by atoms with Gasteiger partial charge in [0.2, 0.25) is 5.95 Å². The number of hydrogen-bond donors (Lipinski definition) is 1. The van der Waals surface area contributed by atoms with Crippen LogP contribution in [-0.2, 0) is 0 Å². The van der Waals surface area contributed by atoms with E-state index in [1.807, 2.05) is 0 Å². The van der Waals surface area contributed by atoms with Gasteiger partial charge in [0, 0.05) is 31.9 Å². The molecule has 16 heavy (non-hydrogen) atoms. The van der Waals surface area contributed by atoms with Crippen LogP contribution in [0.15, 0.2) is 6.20 Å². The van der Waals surface area contributed by atoms with Crippen molar-refractivity contribution in [3.63, 3.8) is 0 Å². The van der Waals surface area contributed by atoms with Gasteiger partial charge in [-0.2, -0.15) is 0 Å². The fourth-order valence-electron chi connectivity index (χ4n) is 2.28. The van der Waals surface area contributed by atoms with Crippen LogP contribution >= 0.6 is 0 Å². The van der Waals surface area contributed by atoms with Crippen molar-refractivity contribution in [3.05, 3.63) is 11.9 Å². The minimum atomic E-state index is 0.466. The molecule has 4 heteroatoms. The third-order valence-corrected chi connectivity index (χ3v) is 3.29. The van der Waals surface area contributed by atoms with Crippen LogP contribution in [0.1, 0.15) is 32.0 Å². The number of aromatic nitrogens is 2. The van der Waals surface area contributed by atoms with Crippen molar-refractivity contribution in [3.8, 4) is 0 Å². The average Bonchev–Trinajstić information content (AvgIpc) is 2.84. The lowest BCUT2D eigenvalue weighted by molar-refractivity contribution is 0.570. The molecule has 2 rings (SSSR count). The smallest absolute Gasteiger partial charge is 0.205 e. The van der Waals surface area contributed by atoms with Crippen LogP contribution in [0, 0.1) is 6.92 Å². The average molecular weight is 222 g/mol. The molecular weight excluding hydrogens is 200 g/mol. The molecule has 1 fully saturated rings. The van der Waals surface area contributed by atoms with Gasteiger partial charge in [0.05, 0.1) is 5.69 Å². The van der Waals surface area contributed by atoms with Gasteiger partial charge in [0.15, 0.2) is 0 Å². The van der Waals surface area contributed by atoms with E-state index in [9.17, 15) is 0 Å². The number of likely N-dealkylation sites (N-methyl/N-ethyl adjacent to an activating group) is 1. The van der Waals surface area contributed by atoms with Gasteiger partial charge >= 0.3 is 0 Å². The van der Waals surface area contributed by atoms with E-state index in [4.69, 9.17) is 0 Å². The Morgan fingerprint density at radius 2 is 2.31 bits per heavy atom. The molecule has 0 amide bonds. The molecule has 1 aliphatic heterocycles. The number of imidazole rings is 1. The molecule has 1 unspecified atom stereocenters. The summed E-state index contributed by atoms with van der Waals surface area (Å²) in [4.78, 5) is 6.95. The van der Waals surface area contributed by atoms with Crippen molar-refractivity contribution >= 4 is 5.95 Å². The first-order chi connectivity index (χ1) is 7.59. The van der Waals surface area contributed by atoms with E-state index >= 15 is 0 Å². The van der Waals surface area contributed by atoms with E-state index in [1.54, 1.807) is 0 Å². The maximum Gasteiger partial charge on any atom is 0.205 e. The Hall–Kier alpha value is -1.03. The molecule has 0 aliphatic carbocycles. The van der Waals surface area contributed by atoms with Crippen molar-refractivity contribution in [2.75, 3.05) is 25.0 Å². The van der Waals surface area contributed by atoms with E-state index in [2.05, 4.69) is 53.8 Å². The maximum atomic E-state index is 4.64. The molecule has 1 aliphatic rings. The number of anilines is 1. The molecule has 2 heterocycles. The highest BCUT2D eigenvalue weighted by Crippen LogP contribution is 2.21. The molecular formula is C12H22N4. The Balaban J connectivity index is 2.24. The van der Waals surface area contributed by atoms with Gasteiger partial charge in [-0.15, -0.1) is 0 Å². The zero-order valence-corrected chi connectivity index (χ0v) is 10.7. The number of aryl methyl sites for hydroxylation is 1. The predicted molar refractivity (Wildman–Crippen MR) is 67.0 cm³/mol. The van der Waals surface area contributed by atoms with E-state index in [0.29, 0.717) is 12.1 Å². The summed E-state index contributed by atoms with van der Waals surface area (Å²) in [5.41, 5.74) is 1.10. The topological polar surface area (TPSA) is 33.1 Å². The van der Waals surface area contributed by atoms with Crippen molar-refractivity contribution in [1.29, 1.82) is 0 Å². The summed E-state index contributed by atoms with van der Waals surface area (Å²) in [5, 5.41) is 3.40. The molecule has 1 atom stereocenters. The largest absolute Gasteiger partial charge is 0.341 e. The normalized spacial score (nSPS) is 20.7. The second-order valence-corrected chi connectivity index (χ2v) is 4.94. The second-order valence-electron chi connectivity index (χ2n) is 4.94. The predicted octanol–water partition coefficient (Wildman–Crippen LogP) is 1.57. The highest BCUT2D eigenvalue weighted by molar-refractivity contribution is 5.35. The fourth-order valence-corrected chi connectivity index (χ4v) is 2.28. The lowest BCUT2D eigenvalue weighted by atomic mass is 10.2. The summed E-state index contributed by atoms with van der Waals surface area (Å²) in [6, 6.07) is 1.05. The monoisotopic (exact) mass is 222 g/mol. The summed E-state index contributed by atoms with van der Waals surface area (Å²) in [5.74, 6) is 1.10. The summed E-state index contributed by atoms with van der Waals surface area (Å²) >= 11 is 0. The zero-order chi connectivity index (χ0) is 11.7. The molecule has 0 spiro atoms. The Morgan fingerprint density at radius 3 is 2.88 bits per heavy atom. The Kier molecular flexibility index (Phi) is 3.19. The van der Waals surface area contributed by atoms with Gasteiger partial charge in [-0.3, -0.25) is 0 Å². The van der Waals surface area contributed by atoms with E-state index in [-0.39, 0.29) is 0 Å². The van der Waals surface area contributed by atoms with Crippen LogP contribution in [0.25, 0.3) is 0 Å². The summed E-state index contributed by atoms with van der Waals surface area (Å²) < 4.78 is 2.26. The number of nitrogens with one attached hydrogen (secondary N) is 1. The van der Waals surface area contributed by atoms with Gasteiger partial charge in [-0.05, 0) is 33.7 Å². The number of hydrogen-bond acceptors (Lipinski definition) is 3. The second kappa shape index (κ2) is 4.45. The van der Waals surface area contributed by atoms with E-state index < -0.39 is 0 Å². The van der Waals surface area contributed by atoms with E-state index in [1.165, 1.54) is 6.42 Å². The molecule has 0 radical (unpaired) electrons. The molecule has 1 saturated heterocycles. The Labute approximate surface area is 97.7 Å². The van der Waals surface area contributed by atoms with Crippen LogP contribution in [0.4, 0.5) is 5.95 Å². The van der Waals surface area contributed by atoms with Gasteiger partial charge in [-0.25, -0.2) is 4.98 Å². The molecule has 0 saturated carbocycles. The molecule has 90 valence electrons. The van der Waals surface area contributed by atoms with Crippen molar-refractivity contribution in [2.45, 2.75) is 39.3 Å². The molecule has 1 N–H and O–H groups in total. The van der Waals surface area contributed by atoms with Gasteiger partial charge in [0.25, 0.3) is 0 Å². The van der Waals surface area contributed by atoms with Crippen molar-refractivity contribution in [1.82, 2.24) is 14.9 Å². The molecule has 1 aromatic rings. The Morgan fingerprint density at radius 1 is 1.56 bits per heavy atom. The lowest BCUT2D eigenvalue weighted by Gasteiger charge is -2.26. The summed E-state index contributed by atoms with van der Waals surface area (Å²) in [7, 11) is 2.15. The SMILES string of the molecule is Cc1cn(C(C)C)c(N(C)C2CCNC2)n1. The van der Waals surface area contributed by atoms with Gasteiger partial charge in [-0.1, -0.05) is 0 Å². The van der Waals surface area contributed by atoms with Crippen LogP contribution in [-0.4, -0.2) is 35.7 Å². The highest BCUT2D eigenvalue weighted by atomic mass is 15.3. The quantitative estimate of drug-likeness (QED) is 0.842. The third kappa shape index (κ3) is 2.07. The van der Waals surface area contributed by atoms with Crippen molar-refractivity contribution < 1.29 is 0 Å². The number of nitrogens with zero attached hydrogens (tertiary/aromatic N) is 3. The van der Waals surface area contributed by atoms with Crippen LogP contribution in [0.3, 0.4) is 0 Å². The minimum absolute atomic E-state index is 0.466. The van der Waals surface area contributed by atoms with Crippen molar-refractivity contribution in [2.24, 2.45) is 0 Å². The molecule has 1 aromatic heterocycles.